The van der Waals surface area contributed by atoms with Crippen molar-refractivity contribution in [1.82, 2.24) is 9.91 Å². The lowest BCUT2D eigenvalue weighted by Gasteiger charge is -2.37. The van der Waals surface area contributed by atoms with Crippen LogP contribution >= 0.6 is 0 Å². The summed E-state index contributed by atoms with van der Waals surface area (Å²) in [5.41, 5.74) is 7.69. The van der Waals surface area contributed by atoms with Gasteiger partial charge in [-0.2, -0.15) is 5.10 Å². The van der Waals surface area contributed by atoms with E-state index in [0.717, 1.165) is 43.1 Å². The molecule has 1 aliphatic heterocycles. The zero-order valence-electron chi connectivity index (χ0n) is 21.1. The van der Waals surface area contributed by atoms with Crippen LogP contribution in [0.1, 0.15) is 28.3 Å². The maximum absolute atomic E-state index is 5.99. The molecule has 0 spiro atoms. The van der Waals surface area contributed by atoms with Crippen LogP contribution in [0.5, 0.6) is 11.5 Å². The van der Waals surface area contributed by atoms with E-state index in [1.807, 2.05) is 42.6 Å². The van der Waals surface area contributed by atoms with Crippen LogP contribution in [0.15, 0.2) is 102 Å². The molecule has 4 aromatic rings. The average molecular weight is 490 g/mol. The Balaban J connectivity index is 1.09. The van der Waals surface area contributed by atoms with Crippen LogP contribution in [0.25, 0.3) is 11.1 Å². The fourth-order valence-corrected chi connectivity index (χ4v) is 5.37. The number of benzene rings is 4. The maximum Gasteiger partial charge on any atom is 0.161 e. The minimum Gasteiger partial charge on any atom is -0.493 e. The number of nitrogens with zero attached hydrogens (tertiary/aromatic N) is 3. The highest BCUT2D eigenvalue weighted by molar-refractivity contribution is 5.81. The summed E-state index contributed by atoms with van der Waals surface area (Å²) in [4.78, 5) is 2.60. The van der Waals surface area contributed by atoms with Gasteiger partial charge in [0.05, 0.1) is 19.4 Å². The van der Waals surface area contributed by atoms with E-state index in [4.69, 9.17) is 14.6 Å². The van der Waals surface area contributed by atoms with Crippen LogP contribution in [0.2, 0.25) is 0 Å². The molecular weight excluding hydrogens is 458 g/mol. The number of methoxy groups -OCH3 is 1. The van der Waals surface area contributed by atoms with Crippen molar-refractivity contribution in [2.45, 2.75) is 12.6 Å². The quantitative estimate of drug-likeness (QED) is 0.299. The zero-order chi connectivity index (χ0) is 25.0. The maximum atomic E-state index is 5.99. The molecule has 1 aliphatic carbocycles. The second-order valence-corrected chi connectivity index (χ2v) is 9.50. The summed E-state index contributed by atoms with van der Waals surface area (Å²) in [5, 5.41) is 6.95. The third-order valence-electron chi connectivity index (χ3n) is 7.25. The van der Waals surface area contributed by atoms with Gasteiger partial charge >= 0.3 is 0 Å². The van der Waals surface area contributed by atoms with E-state index in [1.54, 1.807) is 7.11 Å². The topological polar surface area (TPSA) is 37.3 Å². The first-order valence-corrected chi connectivity index (χ1v) is 12.9. The normalized spacial score (nSPS) is 15.5. The Morgan fingerprint density at radius 2 is 1.41 bits per heavy atom. The van der Waals surface area contributed by atoms with E-state index >= 15 is 0 Å². The predicted octanol–water partition coefficient (Wildman–Crippen LogP) is 6.00. The molecule has 0 radical (unpaired) electrons. The monoisotopic (exact) mass is 489 g/mol. The summed E-state index contributed by atoms with van der Waals surface area (Å²) in [6.45, 7) is 4.24. The van der Waals surface area contributed by atoms with E-state index in [-0.39, 0.29) is 0 Å². The van der Waals surface area contributed by atoms with Gasteiger partial charge in [-0.3, -0.25) is 9.91 Å². The first-order valence-electron chi connectivity index (χ1n) is 12.9. The fourth-order valence-electron chi connectivity index (χ4n) is 5.37. The van der Waals surface area contributed by atoms with Crippen molar-refractivity contribution in [3.63, 3.8) is 0 Å². The summed E-state index contributed by atoms with van der Waals surface area (Å²) in [6, 6.07) is 34.1. The summed E-state index contributed by atoms with van der Waals surface area (Å²) < 4.78 is 11.6. The molecule has 0 aromatic heterocycles. The lowest BCUT2D eigenvalue weighted by atomic mass is 10.0. The average Bonchev–Trinajstić information content (AvgIpc) is 3.30. The van der Waals surface area contributed by atoms with Gasteiger partial charge in [-0.25, -0.2) is 0 Å². The molecule has 4 aromatic carbocycles. The van der Waals surface area contributed by atoms with Gasteiger partial charge in [-0.1, -0.05) is 78.9 Å². The molecule has 0 atom stereocenters. The molecule has 5 nitrogen and oxygen atoms in total. The van der Waals surface area contributed by atoms with Gasteiger partial charge in [-0.15, -0.1) is 0 Å². The summed E-state index contributed by atoms with van der Waals surface area (Å²) in [5.74, 6) is 1.44. The molecule has 0 bridgehead atoms. The number of piperazine rings is 1. The van der Waals surface area contributed by atoms with E-state index in [1.165, 1.54) is 22.3 Å². The molecule has 5 heteroatoms. The molecule has 6 rings (SSSR count). The van der Waals surface area contributed by atoms with Crippen molar-refractivity contribution >= 4 is 6.21 Å². The van der Waals surface area contributed by atoms with Crippen molar-refractivity contribution in [1.29, 1.82) is 0 Å². The summed E-state index contributed by atoms with van der Waals surface area (Å²) in [7, 11) is 1.67. The second kappa shape index (κ2) is 10.5. The highest BCUT2D eigenvalue weighted by Gasteiger charge is 2.33. The minimum atomic E-state index is 0.325. The first-order chi connectivity index (χ1) is 18.3. The van der Waals surface area contributed by atoms with E-state index < -0.39 is 0 Å². The smallest absolute Gasteiger partial charge is 0.161 e. The molecule has 186 valence electrons. The van der Waals surface area contributed by atoms with Crippen LogP contribution in [0, 0.1) is 0 Å². The predicted molar refractivity (Wildman–Crippen MR) is 148 cm³/mol. The van der Waals surface area contributed by atoms with Crippen molar-refractivity contribution in [2.75, 3.05) is 33.3 Å². The van der Waals surface area contributed by atoms with Crippen molar-refractivity contribution < 1.29 is 9.47 Å². The van der Waals surface area contributed by atoms with Gasteiger partial charge in [0.2, 0.25) is 0 Å². The third-order valence-corrected chi connectivity index (χ3v) is 7.25. The molecular formula is C32H31N3O2. The highest BCUT2D eigenvalue weighted by atomic mass is 16.5. The number of ether oxygens (including phenoxy) is 2. The fraction of sp³-hybridized carbons (Fsp3) is 0.219. The molecule has 1 saturated heterocycles. The van der Waals surface area contributed by atoms with Crippen LogP contribution in [0.4, 0.5) is 0 Å². The number of hydrazone groups is 1. The highest BCUT2D eigenvalue weighted by Crippen LogP contribution is 2.46. The van der Waals surface area contributed by atoms with Crippen LogP contribution < -0.4 is 9.47 Å². The lowest BCUT2D eigenvalue weighted by molar-refractivity contribution is 0.114. The standard InChI is InChI=1S/C32H31N3O2/c1-36-31-21-25(15-16-30(31)37-23-24-9-3-2-4-10-24)22-33-35-19-17-34(18-20-35)32-28-13-7-5-11-26(28)27-12-6-8-14-29(27)32/h2-16,21-22,32H,17-20,23H2,1H3/b33-22-. The zero-order valence-corrected chi connectivity index (χ0v) is 21.1. The number of hydrogen-bond acceptors (Lipinski definition) is 5. The van der Waals surface area contributed by atoms with Gasteiger partial charge in [0.15, 0.2) is 11.5 Å². The van der Waals surface area contributed by atoms with Gasteiger partial charge in [-0.05, 0) is 51.6 Å². The lowest BCUT2D eigenvalue weighted by Crippen LogP contribution is -2.45. The Kier molecular flexibility index (Phi) is 6.61. The number of hydrogen-bond donors (Lipinski definition) is 0. The molecule has 0 unspecified atom stereocenters. The van der Waals surface area contributed by atoms with Gasteiger partial charge in [0.1, 0.15) is 6.61 Å². The van der Waals surface area contributed by atoms with Crippen LogP contribution in [-0.2, 0) is 6.61 Å². The molecule has 1 fully saturated rings. The summed E-state index contributed by atoms with van der Waals surface area (Å²) >= 11 is 0. The Labute approximate surface area is 218 Å². The Hall–Kier alpha value is -4.09. The Morgan fingerprint density at radius 3 is 2.08 bits per heavy atom. The van der Waals surface area contributed by atoms with Gasteiger partial charge < -0.3 is 9.47 Å². The van der Waals surface area contributed by atoms with E-state index in [0.29, 0.717) is 18.4 Å². The van der Waals surface area contributed by atoms with Crippen molar-refractivity contribution in [2.24, 2.45) is 5.10 Å². The van der Waals surface area contributed by atoms with Gasteiger partial charge in [0, 0.05) is 26.2 Å². The Morgan fingerprint density at radius 1 is 0.757 bits per heavy atom. The first kappa shape index (κ1) is 23.3. The van der Waals surface area contributed by atoms with Crippen molar-refractivity contribution in [3.05, 3.63) is 119 Å². The van der Waals surface area contributed by atoms with Crippen LogP contribution in [0.3, 0.4) is 0 Å². The van der Waals surface area contributed by atoms with Crippen LogP contribution in [-0.4, -0.2) is 49.4 Å². The van der Waals surface area contributed by atoms with E-state index in [9.17, 15) is 0 Å². The summed E-state index contributed by atoms with van der Waals surface area (Å²) in [6.07, 6.45) is 1.92. The van der Waals surface area contributed by atoms with Gasteiger partial charge in [0.25, 0.3) is 0 Å². The second-order valence-electron chi connectivity index (χ2n) is 9.50. The Bertz CT molecular complexity index is 1350. The molecule has 1 heterocycles. The number of fused-ring (bicyclic) bond motifs is 3. The largest absolute Gasteiger partial charge is 0.493 e. The SMILES string of the molecule is COc1cc(/C=N\N2CCN(C3c4ccccc4-c4ccccc43)CC2)ccc1OCc1ccccc1. The minimum absolute atomic E-state index is 0.325. The van der Waals surface area contributed by atoms with Crippen molar-refractivity contribution in [3.8, 4) is 22.6 Å². The van der Waals surface area contributed by atoms with E-state index in [2.05, 4.69) is 70.6 Å². The molecule has 37 heavy (non-hydrogen) atoms. The third kappa shape index (κ3) is 4.83. The number of rotatable bonds is 7. The molecule has 2 aliphatic rings. The molecule has 0 N–H and O–H groups in total. The molecule has 0 saturated carbocycles. The molecule has 0 amide bonds.